The highest BCUT2D eigenvalue weighted by Crippen LogP contribution is 2.28. The third-order valence-corrected chi connectivity index (χ3v) is 2.91. The fourth-order valence-electron chi connectivity index (χ4n) is 2.13. The van der Waals surface area contributed by atoms with Gasteiger partial charge in [-0.1, -0.05) is 31.2 Å². The second kappa shape index (κ2) is 3.51. The summed E-state index contributed by atoms with van der Waals surface area (Å²) < 4.78 is 0. The minimum atomic E-state index is 0.594. The number of nitrogens with one attached hydrogen (secondary N) is 1. The molecule has 2 rings (SSSR count). The van der Waals surface area contributed by atoms with Gasteiger partial charge < -0.3 is 5.32 Å². The van der Waals surface area contributed by atoms with Crippen molar-refractivity contribution in [3.63, 3.8) is 0 Å². The molecule has 70 valence electrons. The van der Waals surface area contributed by atoms with E-state index in [0.29, 0.717) is 6.04 Å². The number of benzene rings is 1. The van der Waals surface area contributed by atoms with Crippen LogP contribution in [-0.2, 0) is 0 Å². The molecular formula is C12H17N. The minimum Gasteiger partial charge on any atom is -0.310 e. The highest BCUT2D eigenvalue weighted by atomic mass is 14.9. The smallest absolute Gasteiger partial charge is 0.0325 e. The summed E-state index contributed by atoms with van der Waals surface area (Å²) in [6.07, 6.45) is 1.28. The maximum Gasteiger partial charge on any atom is 0.0325 e. The molecule has 0 spiro atoms. The Morgan fingerprint density at radius 3 is 2.69 bits per heavy atom. The zero-order valence-electron chi connectivity index (χ0n) is 8.38. The Hall–Kier alpha value is -0.820. The first-order valence-corrected chi connectivity index (χ1v) is 5.06. The summed E-state index contributed by atoms with van der Waals surface area (Å²) >= 11 is 0. The second-order valence-electron chi connectivity index (χ2n) is 4.16. The van der Waals surface area contributed by atoms with Gasteiger partial charge in [0.15, 0.2) is 0 Å². The van der Waals surface area contributed by atoms with Crippen LogP contribution in [0.25, 0.3) is 0 Å². The van der Waals surface area contributed by atoms with Gasteiger partial charge in [-0.05, 0) is 36.9 Å². The maximum absolute atomic E-state index is 3.56. The summed E-state index contributed by atoms with van der Waals surface area (Å²) in [4.78, 5) is 0. The molecule has 0 aromatic heterocycles. The Labute approximate surface area is 80.2 Å². The average molecular weight is 175 g/mol. The molecule has 1 N–H and O–H groups in total. The van der Waals surface area contributed by atoms with Gasteiger partial charge in [-0.15, -0.1) is 0 Å². The Balaban J connectivity index is 2.21. The number of aryl methyl sites for hydroxylation is 1. The molecule has 1 heterocycles. The van der Waals surface area contributed by atoms with E-state index in [2.05, 4.69) is 43.4 Å². The van der Waals surface area contributed by atoms with Gasteiger partial charge in [0.2, 0.25) is 0 Å². The molecule has 1 nitrogen and oxygen atoms in total. The van der Waals surface area contributed by atoms with Crippen molar-refractivity contribution in [3.8, 4) is 0 Å². The minimum absolute atomic E-state index is 0.594. The Morgan fingerprint density at radius 2 is 2.08 bits per heavy atom. The van der Waals surface area contributed by atoms with Crippen LogP contribution < -0.4 is 5.32 Å². The highest BCUT2D eigenvalue weighted by Gasteiger charge is 2.22. The second-order valence-corrected chi connectivity index (χ2v) is 4.16. The van der Waals surface area contributed by atoms with Gasteiger partial charge in [-0.25, -0.2) is 0 Å². The molecule has 0 bridgehead atoms. The summed E-state index contributed by atoms with van der Waals surface area (Å²) in [6, 6.07) is 9.27. The maximum atomic E-state index is 3.56. The fraction of sp³-hybridized carbons (Fsp3) is 0.500. The largest absolute Gasteiger partial charge is 0.310 e. The lowest BCUT2D eigenvalue weighted by Crippen LogP contribution is -2.14. The number of hydrogen-bond acceptors (Lipinski definition) is 1. The molecule has 1 fully saturated rings. The third kappa shape index (κ3) is 1.75. The van der Waals surface area contributed by atoms with E-state index in [1.54, 1.807) is 0 Å². The molecule has 1 heteroatoms. The summed E-state index contributed by atoms with van der Waals surface area (Å²) in [6.45, 7) is 5.67. The summed E-state index contributed by atoms with van der Waals surface area (Å²) in [5, 5.41) is 3.56. The molecular weight excluding hydrogens is 158 g/mol. The molecule has 0 radical (unpaired) electrons. The van der Waals surface area contributed by atoms with Crippen molar-refractivity contribution in [2.75, 3.05) is 6.54 Å². The first-order valence-electron chi connectivity index (χ1n) is 5.06. The van der Waals surface area contributed by atoms with Crippen LogP contribution in [0.5, 0.6) is 0 Å². The molecule has 1 aliphatic rings. The van der Waals surface area contributed by atoms with Gasteiger partial charge in [0.1, 0.15) is 0 Å². The predicted octanol–water partition coefficient (Wildman–Crippen LogP) is 2.67. The lowest BCUT2D eigenvalue weighted by atomic mass is 9.98. The standard InChI is InChI=1S/C12H17N/c1-9-7-12(13-8-9)11-6-4-3-5-10(11)2/h3-6,9,12-13H,7-8H2,1-2H3/t9-,12+/m1/s1. The fourth-order valence-corrected chi connectivity index (χ4v) is 2.13. The lowest BCUT2D eigenvalue weighted by molar-refractivity contribution is 0.609. The van der Waals surface area contributed by atoms with Crippen molar-refractivity contribution in [2.45, 2.75) is 26.3 Å². The van der Waals surface area contributed by atoms with Crippen molar-refractivity contribution in [1.29, 1.82) is 0 Å². The van der Waals surface area contributed by atoms with Crippen molar-refractivity contribution >= 4 is 0 Å². The summed E-state index contributed by atoms with van der Waals surface area (Å²) in [5.74, 6) is 0.824. The van der Waals surface area contributed by atoms with E-state index < -0.39 is 0 Å². The van der Waals surface area contributed by atoms with Crippen molar-refractivity contribution < 1.29 is 0 Å². The molecule has 1 saturated heterocycles. The molecule has 0 amide bonds. The molecule has 1 aliphatic heterocycles. The van der Waals surface area contributed by atoms with E-state index in [-0.39, 0.29) is 0 Å². The molecule has 1 aromatic carbocycles. The molecule has 0 unspecified atom stereocenters. The monoisotopic (exact) mass is 175 g/mol. The van der Waals surface area contributed by atoms with E-state index in [9.17, 15) is 0 Å². The lowest BCUT2D eigenvalue weighted by Gasteiger charge is -2.13. The summed E-state index contributed by atoms with van der Waals surface area (Å²) in [5.41, 5.74) is 2.89. The third-order valence-electron chi connectivity index (χ3n) is 2.91. The average Bonchev–Trinajstić information content (AvgIpc) is 2.53. The van der Waals surface area contributed by atoms with Crippen LogP contribution in [-0.4, -0.2) is 6.54 Å². The highest BCUT2D eigenvalue weighted by molar-refractivity contribution is 5.29. The van der Waals surface area contributed by atoms with Crippen molar-refractivity contribution in [1.82, 2.24) is 5.32 Å². The first-order chi connectivity index (χ1) is 6.27. The zero-order valence-corrected chi connectivity index (χ0v) is 8.38. The van der Waals surface area contributed by atoms with E-state index in [1.807, 2.05) is 0 Å². The number of hydrogen-bond donors (Lipinski definition) is 1. The molecule has 13 heavy (non-hydrogen) atoms. The molecule has 2 atom stereocenters. The van der Waals surface area contributed by atoms with Crippen LogP contribution >= 0.6 is 0 Å². The SMILES string of the molecule is Cc1ccccc1[C@@H]1C[C@@H](C)CN1. The van der Waals surface area contributed by atoms with Gasteiger partial charge >= 0.3 is 0 Å². The van der Waals surface area contributed by atoms with Gasteiger partial charge in [-0.3, -0.25) is 0 Å². The molecule has 1 aromatic rings. The molecule has 0 aliphatic carbocycles. The first kappa shape index (κ1) is 8.76. The Morgan fingerprint density at radius 1 is 1.31 bits per heavy atom. The zero-order chi connectivity index (χ0) is 9.26. The normalized spacial score (nSPS) is 27.8. The van der Waals surface area contributed by atoms with E-state index in [0.717, 1.165) is 5.92 Å². The van der Waals surface area contributed by atoms with Crippen LogP contribution in [0.1, 0.15) is 30.5 Å². The summed E-state index contributed by atoms with van der Waals surface area (Å²) in [7, 11) is 0. The van der Waals surface area contributed by atoms with Gasteiger partial charge in [0.25, 0.3) is 0 Å². The van der Waals surface area contributed by atoms with E-state index in [1.165, 1.54) is 24.1 Å². The van der Waals surface area contributed by atoms with Crippen LogP contribution in [0, 0.1) is 12.8 Å². The topological polar surface area (TPSA) is 12.0 Å². The van der Waals surface area contributed by atoms with Crippen LogP contribution in [0.15, 0.2) is 24.3 Å². The van der Waals surface area contributed by atoms with Crippen LogP contribution in [0.4, 0.5) is 0 Å². The van der Waals surface area contributed by atoms with Crippen molar-refractivity contribution in [2.24, 2.45) is 5.92 Å². The quantitative estimate of drug-likeness (QED) is 0.692. The van der Waals surface area contributed by atoms with Crippen LogP contribution in [0.2, 0.25) is 0 Å². The van der Waals surface area contributed by atoms with Gasteiger partial charge in [0, 0.05) is 6.04 Å². The molecule has 0 saturated carbocycles. The van der Waals surface area contributed by atoms with E-state index in [4.69, 9.17) is 0 Å². The number of rotatable bonds is 1. The Kier molecular flexibility index (Phi) is 2.36. The predicted molar refractivity (Wildman–Crippen MR) is 55.7 cm³/mol. The Bertz CT molecular complexity index is 293. The van der Waals surface area contributed by atoms with Crippen LogP contribution in [0.3, 0.4) is 0 Å². The van der Waals surface area contributed by atoms with E-state index >= 15 is 0 Å². The van der Waals surface area contributed by atoms with Crippen molar-refractivity contribution in [3.05, 3.63) is 35.4 Å². The van der Waals surface area contributed by atoms with Gasteiger partial charge in [0.05, 0.1) is 0 Å². The van der Waals surface area contributed by atoms with Gasteiger partial charge in [-0.2, -0.15) is 0 Å².